The average molecular weight is 239 g/mol. The van der Waals surface area contributed by atoms with Crippen LogP contribution in [0.25, 0.3) is 0 Å². The van der Waals surface area contributed by atoms with Gasteiger partial charge in [-0.1, -0.05) is 36.7 Å². The highest BCUT2D eigenvalue weighted by Crippen LogP contribution is 2.19. The molecule has 2 rings (SSSR count). The largest absolute Gasteiger partial charge is 0.314 e. The van der Waals surface area contributed by atoms with Gasteiger partial charge in [-0.05, 0) is 18.1 Å². The Labute approximate surface area is 103 Å². The van der Waals surface area contributed by atoms with Gasteiger partial charge >= 0.3 is 0 Å². The molecule has 0 aliphatic carbocycles. The van der Waals surface area contributed by atoms with Crippen LogP contribution in [0, 0.1) is 0 Å². The van der Waals surface area contributed by atoms with Crippen molar-refractivity contribution in [1.29, 1.82) is 0 Å². The van der Waals surface area contributed by atoms with Crippen molar-refractivity contribution in [3.05, 3.63) is 34.9 Å². The minimum atomic E-state index is 0.644. The third-order valence-corrected chi connectivity index (χ3v) is 3.64. The molecule has 1 aliphatic rings. The summed E-state index contributed by atoms with van der Waals surface area (Å²) in [5, 5.41) is 4.33. The number of rotatable bonds is 3. The summed E-state index contributed by atoms with van der Waals surface area (Å²) in [7, 11) is 0. The number of piperazine rings is 1. The Morgan fingerprint density at radius 2 is 2.25 bits per heavy atom. The van der Waals surface area contributed by atoms with Crippen molar-refractivity contribution >= 4 is 11.6 Å². The number of nitrogens with zero attached hydrogens (tertiary/aromatic N) is 1. The van der Waals surface area contributed by atoms with E-state index in [-0.39, 0.29) is 0 Å². The van der Waals surface area contributed by atoms with Crippen molar-refractivity contribution < 1.29 is 0 Å². The van der Waals surface area contributed by atoms with Crippen LogP contribution in [0.4, 0.5) is 0 Å². The van der Waals surface area contributed by atoms with Gasteiger partial charge in [-0.25, -0.2) is 0 Å². The molecule has 16 heavy (non-hydrogen) atoms. The maximum absolute atomic E-state index is 6.19. The van der Waals surface area contributed by atoms with Gasteiger partial charge in [0.25, 0.3) is 0 Å². The highest BCUT2D eigenvalue weighted by atomic mass is 35.5. The third kappa shape index (κ3) is 2.76. The van der Waals surface area contributed by atoms with Gasteiger partial charge in [-0.2, -0.15) is 0 Å². The molecule has 1 unspecified atom stereocenters. The first-order valence-corrected chi connectivity index (χ1v) is 6.37. The zero-order valence-electron chi connectivity index (χ0n) is 9.75. The van der Waals surface area contributed by atoms with Crippen molar-refractivity contribution in [3.8, 4) is 0 Å². The summed E-state index contributed by atoms with van der Waals surface area (Å²) in [6, 6.07) is 8.78. The van der Waals surface area contributed by atoms with Crippen molar-refractivity contribution in [2.24, 2.45) is 0 Å². The van der Waals surface area contributed by atoms with Crippen molar-refractivity contribution in [1.82, 2.24) is 10.2 Å². The molecule has 1 atom stereocenters. The van der Waals surface area contributed by atoms with Crippen LogP contribution < -0.4 is 5.32 Å². The van der Waals surface area contributed by atoms with Crippen LogP contribution in [0.3, 0.4) is 0 Å². The van der Waals surface area contributed by atoms with Crippen molar-refractivity contribution in [2.45, 2.75) is 25.9 Å². The predicted molar refractivity (Wildman–Crippen MR) is 68.8 cm³/mol. The maximum atomic E-state index is 6.19. The molecule has 1 aromatic carbocycles. The summed E-state index contributed by atoms with van der Waals surface area (Å²) >= 11 is 6.19. The molecule has 3 heteroatoms. The quantitative estimate of drug-likeness (QED) is 0.871. The van der Waals surface area contributed by atoms with Gasteiger partial charge in [0.15, 0.2) is 0 Å². The second-order valence-corrected chi connectivity index (χ2v) is 4.74. The lowest BCUT2D eigenvalue weighted by atomic mass is 10.1. The molecule has 0 aromatic heterocycles. The lowest BCUT2D eigenvalue weighted by Gasteiger charge is -2.35. The molecule has 0 radical (unpaired) electrons. The van der Waals surface area contributed by atoms with Gasteiger partial charge in [0.05, 0.1) is 0 Å². The Morgan fingerprint density at radius 1 is 1.44 bits per heavy atom. The number of benzene rings is 1. The summed E-state index contributed by atoms with van der Waals surface area (Å²) in [5.41, 5.74) is 1.24. The van der Waals surface area contributed by atoms with E-state index >= 15 is 0 Å². The molecular weight excluding hydrogens is 220 g/mol. The minimum absolute atomic E-state index is 0.644. The van der Waals surface area contributed by atoms with Crippen LogP contribution in [-0.2, 0) is 6.54 Å². The van der Waals surface area contributed by atoms with E-state index in [0.29, 0.717) is 6.04 Å². The normalized spacial score (nSPS) is 22.2. The fraction of sp³-hybridized carbons (Fsp3) is 0.538. The number of hydrogen-bond acceptors (Lipinski definition) is 2. The molecule has 1 aliphatic heterocycles. The highest BCUT2D eigenvalue weighted by molar-refractivity contribution is 6.31. The summed E-state index contributed by atoms with van der Waals surface area (Å²) in [6.45, 7) is 6.52. The smallest absolute Gasteiger partial charge is 0.0451 e. The van der Waals surface area contributed by atoms with E-state index < -0.39 is 0 Å². The fourth-order valence-electron chi connectivity index (χ4n) is 2.26. The summed E-state index contributed by atoms with van der Waals surface area (Å²) < 4.78 is 0. The van der Waals surface area contributed by atoms with Gasteiger partial charge in [-0.3, -0.25) is 4.90 Å². The molecule has 2 nitrogen and oxygen atoms in total. The van der Waals surface area contributed by atoms with Crippen LogP contribution >= 0.6 is 11.6 Å². The zero-order valence-corrected chi connectivity index (χ0v) is 10.5. The van der Waals surface area contributed by atoms with E-state index in [0.717, 1.165) is 31.2 Å². The van der Waals surface area contributed by atoms with Crippen LogP contribution in [0.1, 0.15) is 18.9 Å². The van der Waals surface area contributed by atoms with Crippen molar-refractivity contribution in [2.75, 3.05) is 19.6 Å². The zero-order chi connectivity index (χ0) is 11.4. The monoisotopic (exact) mass is 238 g/mol. The third-order valence-electron chi connectivity index (χ3n) is 3.27. The van der Waals surface area contributed by atoms with Crippen LogP contribution in [0.5, 0.6) is 0 Å². The Balaban J connectivity index is 2.05. The van der Waals surface area contributed by atoms with Gasteiger partial charge in [0.1, 0.15) is 0 Å². The second-order valence-electron chi connectivity index (χ2n) is 4.33. The standard InChI is InChI=1S/C13H19ClN2/c1-2-12-9-15-7-8-16(12)10-11-5-3-4-6-13(11)14/h3-6,12,15H,2,7-10H2,1H3. The predicted octanol–water partition coefficient (Wildman–Crippen LogP) is 2.52. The molecule has 0 saturated carbocycles. The molecule has 1 N–H and O–H groups in total. The molecule has 0 spiro atoms. The first kappa shape index (κ1) is 11.9. The van der Waals surface area contributed by atoms with E-state index in [2.05, 4.69) is 29.3 Å². The van der Waals surface area contributed by atoms with Gasteiger partial charge in [0.2, 0.25) is 0 Å². The Hall–Kier alpha value is -0.570. The number of hydrogen-bond donors (Lipinski definition) is 1. The molecule has 88 valence electrons. The van der Waals surface area contributed by atoms with E-state index in [4.69, 9.17) is 11.6 Å². The van der Waals surface area contributed by atoms with Gasteiger partial charge in [-0.15, -0.1) is 0 Å². The van der Waals surface area contributed by atoms with Gasteiger partial charge in [0, 0.05) is 37.2 Å². The van der Waals surface area contributed by atoms with Crippen LogP contribution in [-0.4, -0.2) is 30.6 Å². The lowest BCUT2D eigenvalue weighted by Crippen LogP contribution is -2.50. The first-order chi connectivity index (χ1) is 7.81. The Bertz CT molecular complexity index is 340. The SMILES string of the molecule is CCC1CNCCN1Cc1ccccc1Cl. The van der Waals surface area contributed by atoms with E-state index in [1.165, 1.54) is 12.0 Å². The average Bonchev–Trinajstić information content (AvgIpc) is 2.33. The molecule has 1 aromatic rings. The molecule has 1 saturated heterocycles. The van der Waals surface area contributed by atoms with Crippen molar-refractivity contribution in [3.63, 3.8) is 0 Å². The Morgan fingerprint density at radius 3 is 3.00 bits per heavy atom. The first-order valence-electron chi connectivity index (χ1n) is 5.99. The summed E-state index contributed by atoms with van der Waals surface area (Å²) in [6.07, 6.45) is 1.19. The number of nitrogens with one attached hydrogen (secondary N) is 1. The van der Waals surface area contributed by atoms with Crippen LogP contribution in [0.2, 0.25) is 5.02 Å². The second kappa shape index (κ2) is 5.67. The van der Waals surface area contributed by atoms with Crippen LogP contribution in [0.15, 0.2) is 24.3 Å². The van der Waals surface area contributed by atoms with Gasteiger partial charge < -0.3 is 5.32 Å². The molecule has 1 fully saturated rings. The maximum Gasteiger partial charge on any atom is 0.0451 e. The molecular formula is C13H19ClN2. The fourth-order valence-corrected chi connectivity index (χ4v) is 2.45. The van der Waals surface area contributed by atoms with E-state index in [9.17, 15) is 0 Å². The molecule has 0 bridgehead atoms. The number of halogens is 1. The Kier molecular flexibility index (Phi) is 4.22. The molecule has 0 amide bonds. The summed E-state index contributed by atoms with van der Waals surface area (Å²) in [4.78, 5) is 2.53. The van der Waals surface area contributed by atoms with E-state index in [1.54, 1.807) is 0 Å². The summed E-state index contributed by atoms with van der Waals surface area (Å²) in [5.74, 6) is 0. The topological polar surface area (TPSA) is 15.3 Å². The lowest BCUT2D eigenvalue weighted by molar-refractivity contribution is 0.149. The highest BCUT2D eigenvalue weighted by Gasteiger charge is 2.20. The molecule has 1 heterocycles. The van der Waals surface area contributed by atoms with E-state index in [1.807, 2.05) is 12.1 Å². The minimum Gasteiger partial charge on any atom is -0.314 e.